The number of hydrogen-bond acceptors (Lipinski definition) is 4. The van der Waals surface area contributed by atoms with Crippen LogP contribution in [-0.4, -0.2) is 38.0 Å². The average molecular weight is 277 g/mol. The topological polar surface area (TPSA) is 70.9 Å². The molecule has 0 aliphatic carbocycles. The average Bonchev–Trinajstić information content (AvgIpc) is 2.46. The van der Waals surface area contributed by atoms with E-state index in [0.717, 1.165) is 26.1 Å². The van der Waals surface area contributed by atoms with Gasteiger partial charge in [0.1, 0.15) is 11.5 Å². The van der Waals surface area contributed by atoms with Gasteiger partial charge in [-0.15, -0.1) is 0 Å². The molecule has 2 rings (SSSR count). The lowest BCUT2D eigenvalue weighted by molar-refractivity contribution is -0.901. The third kappa shape index (κ3) is 4.35. The molecule has 1 aliphatic rings. The molecule has 1 fully saturated rings. The molecular formula is C15H19NO4. The number of hydrogen-bond donors (Lipinski definition) is 1. The molecule has 1 aromatic rings. The molecule has 0 spiro atoms. The van der Waals surface area contributed by atoms with E-state index in [2.05, 4.69) is 0 Å². The van der Waals surface area contributed by atoms with E-state index in [1.165, 1.54) is 17.0 Å². The Balaban J connectivity index is 1.65. The fourth-order valence-electron chi connectivity index (χ4n) is 2.33. The summed E-state index contributed by atoms with van der Waals surface area (Å²) in [6.45, 7) is 3.46. The van der Waals surface area contributed by atoms with Gasteiger partial charge >= 0.3 is 0 Å². The van der Waals surface area contributed by atoms with Crippen molar-refractivity contribution in [1.29, 1.82) is 0 Å². The smallest absolute Gasteiger partial charge is 0.144 e. The lowest BCUT2D eigenvalue weighted by Crippen LogP contribution is -3.13. The maximum Gasteiger partial charge on any atom is 0.144 e. The highest BCUT2D eigenvalue weighted by molar-refractivity contribution is 5.85. The summed E-state index contributed by atoms with van der Waals surface area (Å²) in [5.41, 5.74) is 0.153. The fraction of sp³-hybridized carbons (Fsp3) is 0.467. The Morgan fingerprint density at radius 3 is 2.45 bits per heavy atom. The van der Waals surface area contributed by atoms with Crippen LogP contribution < -0.4 is 14.7 Å². The fourth-order valence-corrected chi connectivity index (χ4v) is 2.33. The van der Waals surface area contributed by atoms with Crippen LogP contribution in [0.3, 0.4) is 0 Å². The summed E-state index contributed by atoms with van der Waals surface area (Å²) in [5, 5.41) is 10.6. The van der Waals surface area contributed by atoms with E-state index in [4.69, 9.17) is 4.74 Å². The third-order valence-electron chi connectivity index (χ3n) is 3.55. The van der Waals surface area contributed by atoms with Crippen LogP contribution in [0.15, 0.2) is 24.3 Å². The lowest BCUT2D eigenvalue weighted by Gasteiger charge is -2.22. The zero-order valence-electron chi connectivity index (χ0n) is 11.4. The Morgan fingerprint density at radius 2 is 1.85 bits per heavy atom. The number of quaternary nitrogens is 1. The molecule has 0 amide bonds. The largest absolute Gasteiger partial charge is 0.545 e. The predicted molar refractivity (Wildman–Crippen MR) is 70.7 cm³/mol. The normalized spacial score (nSPS) is 16.1. The molecule has 1 aliphatic heterocycles. The summed E-state index contributed by atoms with van der Waals surface area (Å²) in [5.74, 6) is -0.142. The number of carbonyl (C=O) groups excluding carboxylic acids is 2. The first-order chi connectivity index (χ1) is 9.65. The maximum absolute atomic E-state index is 11.1. The highest BCUT2D eigenvalue weighted by Gasteiger charge is 2.18. The molecule has 0 aromatic heterocycles. The van der Waals surface area contributed by atoms with Crippen molar-refractivity contribution in [2.75, 3.05) is 26.2 Å². The van der Waals surface area contributed by atoms with Crippen LogP contribution in [0.25, 0.3) is 0 Å². The number of Topliss-reactive ketones (excluding diaryl/α,β-unsaturated/α-hetero) is 1. The number of carboxylic acid groups (broad SMARTS) is 1. The quantitative estimate of drug-likeness (QED) is 0.682. The summed E-state index contributed by atoms with van der Waals surface area (Å²) < 4.78 is 5.56. The molecule has 0 bridgehead atoms. The van der Waals surface area contributed by atoms with Crippen LogP contribution in [-0.2, 0) is 4.79 Å². The van der Waals surface area contributed by atoms with E-state index < -0.39 is 5.97 Å². The number of piperidine rings is 1. The van der Waals surface area contributed by atoms with E-state index in [1.54, 1.807) is 12.1 Å². The van der Waals surface area contributed by atoms with Crippen molar-refractivity contribution < 1.29 is 24.3 Å². The standard InChI is InChI=1S/C15H19NO4/c17-13-6-9-16(10-7-13)8-1-11-20-14-4-2-12(3-5-14)15(18)19/h2-5H,1,6-11H2,(H,18,19). The van der Waals surface area contributed by atoms with Gasteiger partial charge in [0.05, 0.1) is 45.1 Å². The molecule has 1 aromatic carbocycles. The molecule has 5 heteroatoms. The monoisotopic (exact) mass is 277 g/mol. The van der Waals surface area contributed by atoms with Crippen LogP contribution in [0.5, 0.6) is 5.75 Å². The molecule has 1 N–H and O–H groups in total. The van der Waals surface area contributed by atoms with E-state index in [-0.39, 0.29) is 5.56 Å². The van der Waals surface area contributed by atoms with Crippen LogP contribution in [0.4, 0.5) is 0 Å². The van der Waals surface area contributed by atoms with Gasteiger partial charge in [-0.1, -0.05) is 0 Å². The summed E-state index contributed by atoms with van der Waals surface area (Å²) in [6, 6.07) is 6.23. The molecule has 108 valence electrons. The van der Waals surface area contributed by atoms with Gasteiger partial charge in [-0.05, 0) is 29.8 Å². The molecule has 20 heavy (non-hydrogen) atoms. The van der Waals surface area contributed by atoms with Gasteiger partial charge in [-0.2, -0.15) is 0 Å². The molecular weight excluding hydrogens is 258 g/mol. The number of carboxylic acids is 1. The highest BCUT2D eigenvalue weighted by atomic mass is 16.5. The Labute approximate surface area is 118 Å². The maximum atomic E-state index is 11.1. The minimum Gasteiger partial charge on any atom is -0.545 e. The van der Waals surface area contributed by atoms with Crippen molar-refractivity contribution in [1.82, 2.24) is 0 Å². The number of ether oxygens (including phenoxy) is 1. The molecule has 0 radical (unpaired) electrons. The second-order valence-electron chi connectivity index (χ2n) is 5.05. The second-order valence-corrected chi connectivity index (χ2v) is 5.05. The Hall–Kier alpha value is -1.88. The van der Waals surface area contributed by atoms with Gasteiger partial charge in [-0.25, -0.2) is 0 Å². The minimum absolute atomic E-state index is 0.153. The van der Waals surface area contributed by atoms with Gasteiger partial charge in [-0.3, -0.25) is 4.79 Å². The number of rotatable bonds is 6. The number of aromatic carboxylic acids is 1. The van der Waals surface area contributed by atoms with E-state index >= 15 is 0 Å². The first-order valence-electron chi connectivity index (χ1n) is 6.94. The summed E-state index contributed by atoms with van der Waals surface area (Å²) in [7, 11) is 0. The third-order valence-corrected chi connectivity index (χ3v) is 3.55. The van der Waals surface area contributed by atoms with E-state index in [9.17, 15) is 14.7 Å². The van der Waals surface area contributed by atoms with Crippen LogP contribution in [0.2, 0.25) is 0 Å². The molecule has 5 nitrogen and oxygen atoms in total. The molecule has 1 heterocycles. The lowest BCUT2D eigenvalue weighted by atomic mass is 10.1. The van der Waals surface area contributed by atoms with Crippen molar-refractivity contribution in [3.63, 3.8) is 0 Å². The number of carbonyl (C=O) groups is 2. The first-order valence-corrected chi connectivity index (χ1v) is 6.94. The molecule has 0 unspecified atom stereocenters. The van der Waals surface area contributed by atoms with Crippen molar-refractivity contribution in [2.24, 2.45) is 0 Å². The van der Waals surface area contributed by atoms with Gasteiger partial charge < -0.3 is 19.5 Å². The van der Waals surface area contributed by atoms with E-state index in [1.807, 2.05) is 0 Å². The van der Waals surface area contributed by atoms with Crippen LogP contribution >= 0.6 is 0 Å². The van der Waals surface area contributed by atoms with E-state index in [0.29, 0.717) is 31.0 Å². The summed E-state index contributed by atoms with van der Waals surface area (Å²) in [6.07, 6.45) is 2.31. The van der Waals surface area contributed by atoms with Gasteiger partial charge in [0.25, 0.3) is 0 Å². The van der Waals surface area contributed by atoms with Crippen molar-refractivity contribution in [3.8, 4) is 5.75 Å². The Morgan fingerprint density at radius 1 is 1.20 bits per heavy atom. The molecule has 0 saturated carbocycles. The SMILES string of the molecule is O=C1CC[NH+](CCCOc2ccc(C(=O)[O-])cc2)CC1. The Bertz CT molecular complexity index is 459. The number of benzene rings is 1. The number of likely N-dealkylation sites (tertiary alicyclic amines) is 1. The van der Waals surface area contributed by atoms with Gasteiger partial charge in [0.2, 0.25) is 0 Å². The van der Waals surface area contributed by atoms with Crippen molar-refractivity contribution in [3.05, 3.63) is 29.8 Å². The van der Waals surface area contributed by atoms with Crippen LogP contribution in [0, 0.1) is 0 Å². The predicted octanol–water partition coefficient (Wildman–Crippen LogP) is -0.933. The second kappa shape index (κ2) is 7.05. The van der Waals surface area contributed by atoms with Crippen molar-refractivity contribution in [2.45, 2.75) is 19.3 Å². The molecule has 1 saturated heterocycles. The molecule has 0 atom stereocenters. The highest BCUT2D eigenvalue weighted by Crippen LogP contribution is 2.11. The van der Waals surface area contributed by atoms with Gasteiger partial charge in [0.15, 0.2) is 0 Å². The summed E-state index contributed by atoms with van der Waals surface area (Å²) >= 11 is 0. The zero-order chi connectivity index (χ0) is 14.4. The Kier molecular flexibility index (Phi) is 5.12. The first kappa shape index (κ1) is 14.5. The number of ketones is 1. The zero-order valence-corrected chi connectivity index (χ0v) is 11.4. The van der Waals surface area contributed by atoms with Crippen molar-refractivity contribution >= 4 is 11.8 Å². The van der Waals surface area contributed by atoms with Crippen LogP contribution in [0.1, 0.15) is 29.6 Å². The number of nitrogens with one attached hydrogen (secondary N) is 1. The van der Waals surface area contributed by atoms with Gasteiger partial charge in [0, 0.05) is 6.42 Å². The summed E-state index contributed by atoms with van der Waals surface area (Å²) in [4.78, 5) is 23.2. The minimum atomic E-state index is -1.18.